The number of carbonyl (C=O) groups excluding carboxylic acids is 2. The van der Waals surface area contributed by atoms with Gasteiger partial charge in [0.25, 0.3) is 11.8 Å². The summed E-state index contributed by atoms with van der Waals surface area (Å²) < 4.78 is 16.7. The number of nitrogens with zero attached hydrogens (tertiary/aromatic N) is 4. The van der Waals surface area contributed by atoms with Crippen LogP contribution in [0.3, 0.4) is 0 Å². The summed E-state index contributed by atoms with van der Waals surface area (Å²) in [6.07, 6.45) is 7.75. The molecule has 2 aliphatic rings. The van der Waals surface area contributed by atoms with Crippen LogP contribution in [0.15, 0.2) is 56.5 Å². The molecule has 10 nitrogen and oxygen atoms in total. The highest BCUT2D eigenvalue weighted by atomic mass is 79.9. The van der Waals surface area contributed by atoms with Crippen LogP contribution in [-0.4, -0.2) is 64.2 Å². The summed E-state index contributed by atoms with van der Waals surface area (Å²) in [6, 6.07) is 3.02. The molecule has 2 amide bonds. The first-order chi connectivity index (χ1) is 17.4. The molecule has 0 spiro atoms. The predicted molar refractivity (Wildman–Crippen MR) is 139 cm³/mol. The molecule has 1 N–H and O–H groups in total. The third-order valence-corrected chi connectivity index (χ3v) is 6.61. The van der Waals surface area contributed by atoms with E-state index in [1.165, 1.54) is 24.3 Å². The Bertz CT molecular complexity index is 1150. The van der Waals surface area contributed by atoms with Crippen LogP contribution < -0.4 is 10.1 Å². The first-order valence-corrected chi connectivity index (χ1v) is 12.4. The first-order valence-electron chi connectivity index (χ1n) is 11.6. The fourth-order valence-corrected chi connectivity index (χ4v) is 4.80. The third-order valence-electron chi connectivity index (χ3n) is 6.15. The number of azide groups is 1. The average Bonchev–Trinajstić information content (AvgIpc) is 3.06. The molecule has 0 unspecified atom stereocenters. The van der Waals surface area contributed by atoms with Crippen molar-refractivity contribution in [2.75, 3.05) is 47.5 Å². The standard InChI is InChI=1S/C25H30BrN5O5/c1-34-21-7-6-16-8-11-31(15-17(16)12-22(21)35-2)10-5-4-9-28-24(32)19-13-18(26)14-20(23(19)36-3)25(33)29-30-27/h7,12-14H,4-6,8-11,15H2,1-3H3,(H,28,32). The maximum Gasteiger partial charge on any atom is 0.255 e. The molecule has 1 aliphatic carbocycles. The Morgan fingerprint density at radius 1 is 1.14 bits per heavy atom. The molecule has 192 valence electrons. The Balaban J connectivity index is 1.52. The molecule has 1 heterocycles. The molecule has 11 heteroatoms. The molecule has 1 aromatic carbocycles. The summed E-state index contributed by atoms with van der Waals surface area (Å²) in [6.45, 7) is 3.24. The van der Waals surface area contributed by atoms with Crippen molar-refractivity contribution < 1.29 is 23.8 Å². The minimum Gasteiger partial charge on any atom is -0.495 e. The van der Waals surface area contributed by atoms with Gasteiger partial charge in [-0.15, -0.1) is 0 Å². The van der Waals surface area contributed by atoms with Crippen molar-refractivity contribution in [2.24, 2.45) is 5.11 Å². The molecule has 0 aromatic heterocycles. The van der Waals surface area contributed by atoms with E-state index < -0.39 is 5.91 Å². The van der Waals surface area contributed by atoms with Gasteiger partial charge in [0, 0.05) is 29.0 Å². The largest absolute Gasteiger partial charge is 0.495 e. The maximum atomic E-state index is 12.8. The molecule has 0 atom stereocenters. The van der Waals surface area contributed by atoms with Crippen LogP contribution in [0.4, 0.5) is 0 Å². The Kier molecular flexibility index (Phi) is 9.98. The van der Waals surface area contributed by atoms with Gasteiger partial charge in [0.15, 0.2) is 11.5 Å². The summed E-state index contributed by atoms with van der Waals surface area (Å²) in [5, 5.41) is 5.99. The lowest BCUT2D eigenvalue weighted by Crippen LogP contribution is -2.33. The highest BCUT2D eigenvalue weighted by Gasteiger charge is 2.22. The van der Waals surface area contributed by atoms with Gasteiger partial charge >= 0.3 is 0 Å². The number of unbranched alkanes of at least 4 members (excludes halogenated alkanes) is 1. The van der Waals surface area contributed by atoms with E-state index >= 15 is 0 Å². The van der Waals surface area contributed by atoms with E-state index in [-0.39, 0.29) is 22.8 Å². The summed E-state index contributed by atoms with van der Waals surface area (Å²) in [5.74, 6) is 0.404. The average molecular weight is 560 g/mol. The quantitative estimate of drug-likeness (QED) is 0.188. The number of hydrogen-bond donors (Lipinski definition) is 1. The lowest BCUT2D eigenvalue weighted by atomic mass is 9.97. The van der Waals surface area contributed by atoms with Crippen molar-refractivity contribution in [3.63, 3.8) is 0 Å². The number of amides is 2. The Labute approximate surface area is 218 Å². The summed E-state index contributed by atoms with van der Waals surface area (Å²) in [7, 11) is 4.67. The van der Waals surface area contributed by atoms with E-state index in [1.807, 2.05) is 0 Å². The number of methoxy groups -OCH3 is 3. The smallest absolute Gasteiger partial charge is 0.255 e. The molecular formula is C25H30BrN5O5. The number of ether oxygens (including phenoxy) is 3. The maximum absolute atomic E-state index is 12.8. The number of nitrogens with one attached hydrogen (secondary N) is 1. The van der Waals surface area contributed by atoms with Crippen molar-refractivity contribution in [1.82, 2.24) is 10.2 Å². The van der Waals surface area contributed by atoms with Gasteiger partial charge in [-0.05, 0) is 72.7 Å². The zero-order valence-corrected chi connectivity index (χ0v) is 22.3. The summed E-state index contributed by atoms with van der Waals surface area (Å²) in [4.78, 5) is 29.8. The van der Waals surface area contributed by atoms with Crippen molar-refractivity contribution in [3.8, 4) is 5.75 Å². The SMILES string of the molecule is COC1=CCC2=C(C=C1OC)CN(CCCCNC(=O)c1cc(Br)cc(C(=O)N=[N+]=[N-])c1OC)CC2. The topological polar surface area (TPSA) is 126 Å². The van der Waals surface area contributed by atoms with Crippen molar-refractivity contribution >= 4 is 27.7 Å². The number of hydrogen-bond acceptors (Lipinski definition) is 6. The molecule has 0 saturated heterocycles. The van der Waals surface area contributed by atoms with E-state index in [0.29, 0.717) is 11.0 Å². The number of benzene rings is 1. The van der Waals surface area contributed by atoms with Crippen LogP contribution in [0.1, 0.15) is 46.4 Å². The van der Waals surface area contributed by atoms with E-state index in [0.717, 1.165) is 56.8 Å². The normalized spacial score (nSPS) is 15.6. The molecule has 1 aliphatic heterocycles. The minimum atomic E-state index is -0.820. The molecule has 0 fully saturated rings. The lowest BCUT2D eigenvalue weighted by molar-refractivity contribution is 0.0949. The highest BCUT2D eigenvalue weighted by Crippen LogP contribution is 2.30. The molecule has 1 aromatic rings. The van der Waals surface area contributed by atoms with Gasteiger partial charge in [-0.2, -0.15) is 0 Å². The van der Waals surface area contributed by atoms with E-state index in [2.05, 4.69) is 48.3 Å². The number of carbonyl (C=O) groups is 2. The van der Waals surface area contributed by atoms with E-state index in [4.69, 9.17) is 19.7 Å². The fraction of sp³-hybridized carbons (Fsp3) is 0.440. The molecular weight excluding hydrogens is 530 g/mol. The number of halogens is 1. The Morgan fingerprint density at radius 3 is 2.58 bits per heavy atom. The Hall–Kier alpha value is -3.27. The van der Waals surface area contributed by atoms with Crippen LogP contribution in [-0.2, 0) is 9.47 Å². The van der Waals surface area contributed by atoms with Crippen LogP contribution in [0.2, 0.25) is 0 Å². The molecule has 0 saturated carbocycles. The first kappa shape index (κ1) is 27.3. The highest BCUT2D eigenvalue weighted by molar-refractivity contribution is 9.10. The molecule has 0 bridgehead atoms. The van der Waals surface area contributed by atoms with Gasteiger partial charge in [0.1, 0.15) is 5.75 Å². The zero-order valence-electron chi connectivity index (χ0n) is 20.7. The van der Waals surface area contributed by atoms with Gasteiger partial charge in [-0.25, -0.2) is 0 Å². The summed E-state index contributed by atoms with van der Waals surface area (Å²) in [5.41, 5.74) is 11.5. The monoisotopic (exact) mass is 559 g/mol. The fourth-order valence-electron chi connectivity index (χ4n) is 4.34. The molecule has 36 heavy (non-hydrogen) atoms. The van der Waals surface area contributed by atoms with Crippen molar-refractivity contribution in [3.05, 3.63) is 73.0 Å². The van der Waals surface area contributed by atoms with E-state index in [1.54, 1.807) is 20.3 Å². The predicted octanol–water partition coefficient (Wildman–Crippen LogP) is 4.88. The van der Waals surface area contributed by atoms with Gasteiger partial charge in [0.2, 0.25) is 0 Å². The summed E-state index contributed by atoms with van der Waals surface area (Å²) >= 11 is 3.29. The minimum absolute atomic E-state index is 0.0191. The lowest BCUT2D eigenvalue weighted by Gasteiger charge is -2.29. The second kappa shape index (κ2) is 13.2. The van der Waals surface area contributed by atoms with Crippen molar-refractivity contribution in [2.45, 2.75) is 25.7 Å². The van der Waals surface area contributed by atoms with Gasteiger partial charge in [-0.3, -0.25) is 14.5 Å². The Morgan fingerprint density at radius 2 is 1.89 bits per heavy atom. The number of rotatable bonds is 10. The van der Waals surface area contributed by atoms with Crippen LogP contribution in [0.5, 0.6) is 5.75 Å². The third kappa shape index (κ3) is 6.69. The second-order valence-electron chi connectivity index (χ2n) is 8.34. The van der Waals surface area contributed by atoms with Crippen LogP contribution >= 0.6 is 15.9 Å². The zero-order chi connectivity index (χ0) is 26.1. The van der Waals surface area contributed by atoms with E-state index in [9.17, 15) is 9.59 Å². The van der Waals surface area contributed by atoms with Gasteiger partial charge in [0.05, 0.1) is 32.5 Å². The van der Waals surface area contributed by atoms with Crippen LogP contribution in [0.25, 0.3) is 10.4 Å². The molecule has 0 radical (unpaired) electrons. The second-order valence-corrected chi connectivity index (χ2v) is 9.25. The van der Waals surface area contributed by atoms with Gasteiger partial charge in [-0.1, -0.05) is 21.5 Å². The van der Waals surface area contributed by atoms with Gasteiger partial charge < -0.3 is 19.5 Å². The number of allylic oxidation sites excluding steroid dienone is 1. The van der Waals surface area contributed by atoms with Crippen molar-refractivity contribution in [1.29, 1.82) is 0 Å². The molecule has 3 rings (SSSR count). The van der Waals surface area contributed by atoms with Crippen LogP contribution in [0, 0.1) is 0 Å².